The van der Waals surface area contributed by atoms with Crippen LogP contribution >= 0.6 is 0 Å². The molecule has 0 unspecified atom stereocenters. The zero-order valence-corrected chi connectivity index (χ0v) is 14.2. The van der Waals surface area contributed by atoms with Gasteiger partial charge in [0.2, 0.25) is 0 Å². The molecule has 1 heterocycles. The molecule has 0 spiro atoms. The minimum Gasteiger partial charge on any atom is -0.389 e. The molecule has 1 saturated heterocycles. The van der Waals surface area contributed by atoms with E-state index in [9.17, 15) is 5.11 Å². The summed E-state index contributed by atoms with van der Waals surface area (Å²) in [6.07, 6.45) is 11.8. The van der Waals surface area contributed by atoms with E-state index in [-0.39, 0.29) is 11.7 Å². The monoisotopic (exact) mass is 307 g/mol. The third-order valence-electron chi connectivity index (χ3n) is 6.95. The van der Waals surface area contributed by atoms with Gasteiger partial charge >= 0.3 is 0 Å². The average molecular weight is 307 g/mol. The first-order valence-electron chi connectivity index (χ1n) is 9.68. The van der Waals surface area contributed by atoms with Crippen molar-refractivity contribution in [2.45, 2.75) is 82.5 Å². The molecule has 4 aliphatic carbocycles. The molecule has 5 fully saturated rings. The molecule has 5 aliphatic rings. The van der Waals surface area contributed by atoms with Gasteiger partial charge in [0.1, 0.15) is 0 Å². The molecule has 22 heavy (non-hydrogen) atoms. The van der Waals surface area contributed by atoms with Crippen LogP contribution in [0.15, 0.2) is 0 Å². The summed E-state index contributed by atoms with van der Waals surface area (Å²) in [6, 6.07) is 0.628. The zero-order valence-electron chi connectivity index (χ0n) is 14.2. The molecular formula is C19H33NO2. The third kappa shape index (κ3) is 3.09. The highest BCUT2D eigenvalue weighted by Crippen LogP contribution is 2.57. The van der Waals surface area contributed by atoms with Crippen molar-refractivity contribution in [1.29, 1.82) is 0 Å². The van der Waals surface area contributed by atoms with Gasteiger partial charge in [-0.1, -0.05) is 6.42 Å². The Kier molecular flexibility index (Phi) is 4.25. The first kappa shape index (κ1) is 15.4. The number of aliphatic hydroxyl groups excluding tert-OH is 1. The topological polar surface area (TPSA) is 32.7 Å². The highest BCUT2D eigenvalue weighted by molar-refractivity contribution is 5.03. The van der Waals surface area contributed by atoms with Crippen LogP contribution in [0.3, 0.4) is 0 Å². The van der Waals surface area contributed by atoms with Gasteiger partial charge in [0.25, 0.3) is 0 Å². The number of nitrogens with zero attached hydrogens (tertiary/aromatic N) is 1. The number of hydrogen-bond donors (Lipinski definition) is 1. The van der Waals surface area contributed by atoms with Gasteiger partial charge in [0.05, 0.1) is 18.3 Å². The fourth-order valence-corrected chi connectivity index (χ4v) is 6.23. The second-order valence-electron chi connectivity index (χ2n) is 8.91. The Morgan fingerprint density at radius 3 is 2.32 bits per heavy atom. The van der Waals surface area contributed by atoms with E-state index in [1.165, 1.54) is 57.8 Å². The number of piperidine rings is 1. The van der Waals surface area contributed by atoms with E-state index in [0.29, 0.717) is 12.6 Å². The summed E-state index contributed by atoms with van der Waals surface area (Å²) in [5.74, 6) is 2.77. The van der Waals surface area contributed by atoms with Crippen LogP contribution < -0.4 is 0 Å². The van der Waals surface area contributed by atoms with Crippen LogP contribution in [0.5, 0.6) is 0 Å². The number of hydrogen-bond acceptors (Lipinski definition) is 3. The highest BCUT2D eigenvalue weighted by atomic mass is 16.5. The molecule has 2 atom stereocenters. The first-order chi connectivity index (χ1) is 10.6. The second kappa shape index (κ2) is 6.07. The van der Waals surface area contributed by atoms with Crippen LogP contribution in [0.2, 0.25) is 0 Å². The summed E-state index contributed by atoms with van der Waals surface area (Å²) in [5, 5.41) is 10.5. The first-order valence-corrected chi connectivity index (χ1v) is 9.68. The van der Waals surface area contributed by atoms with Gasteiger partial charge in [-0.05, 0) is 82.6 Å². The van der Waals surface area contributed by atoms with Crippen LogP contribution in [0.25, 0.3) is 0 Å². The highest BCUT2D eigenvalue weighted by Gasteiger charge is 2.51. The number of aliphatic hydroxyl groups is 1. The predicted octanol–water partition coefficient (Wildman–Crippen LogP) is 3.21. The SMILES string of the molecule is C[C@H]1CCCCN1C[C@H](O)COC12CC3CC(CC(C3)C1)C2. The molecule has 126 valence electrons. The molecule has 5 rings (SSSR count). The quantitative estimate of drug-likeness (QED) is 0.846. The molecular weight excluding hydrogens is 274 g/mol. The van der Waals surface area contributed by atoms with Crippen molar-refractivity contribution >= 4 is 0 Å². The minimum absolute atomic E-state index is 0.142. The van der Waals surface area contributed by atoms with Gasteiger partial charge in [-0.25, -0.2) is 0 Å². The Bertz CT molecular complexity index is 362. The summed E-state index contributed by atoms with van der Waals surface area (Å²) in [4.78, 5) is 2.46. The molecule has 0 aromatic heterocycles. The van der Waals surface area contributed by atoms with Gasteiger partial charge in [-0.3, -0.25) is 4.90 Å². The zero-order chi connectivity index (χ0) is 15.2. The smallest absolute Gasteiger partial charge is 0.0900 e. The molecule has 4 bridgehead atoms. The standard InChI is InChI=1S/C19H33NO2/c1-14-4-2-3-5-20(14)12-18(21)13-22-19-9-15-6-16(10-19)8-17(7-15)11-19/h14-18,21H,2-13H2,1H3/t14-,15?,16?,17?,18-,19?/m0/s1. The fraction of sp³-hybridized carbons (Fsp3) is 1.00. The van der Waals surface area contributed by atoms with Crippen LogP contribution in [0, 0.1) is 17.8 Å². The summed E-state index contributed by atoms with van der Waals surface area (Å²) in [5.41, 5.74) is 0.142. The van der Waals surface area contributed by atoms with E-state index in [0.717, 1.165) is 30.8 Å². The van der Waals surface area contributed by atoms with Crippen LogP contribution in [-0.2, 0) is 4.74 Å². The fourth-order valence-electron chi connectivity index (χ4n) is 6.23. The largest absolute Gasteiger partial charge is 0.389 e. The van der Waals surface area contributed by atoms with Crippen molar-refractivity contribution < 1.29 is 9.84 Å². The molecule has 3 nitrogen and oxygen atoms in total. The van der Waals surface area contributed by atoms with Crippen molar-refractivity contribution in [2.24, 2.45) is 17.8 Å². The van der Waals surface area contributed by atoms with E-state index >= 15 is 0 Å². The molecule has 1 N–H and O–H groups in total. The predicted molar refractivity (Wildman–Crippen MR) is 87.7 cm³/mol. The molecule has 0 radical (unpaired) electrons. The summed E-state index contributed by atoms with van der Waals surface area (Å²) < 4.78 is 6.40. The molecule has 0 amide bonds. The van der Waals surface area contributed by atoms with Gasteiger partial charge in [-0.15, -0.1) is 0 Å². The maximum absolute atomic E-state index is 10.5. The Labute approximate surface area is 135 Å². The van der Waals surface area contributed by atoms with Crippen LogP contribution in [0.4, 0.5) is 0 Å². The minimum atomic E-state index is -0.312. The van der Waals surface area contributed by atoms with E-state index in [1.54, 1.807) is 0 Å². The van der Waals surface area contributed by atoms with Crippen molar-refractivity contribution in [3.05, 3.63) is 0 Å². The summed E-state index contributed by atoms with van der Waals surface area (Å²) >= 11 is 0. The number of β-amino-alcohol motifs (C(OH)–C–C–N with tert-alkyl or cyclic N) is 1. The molecule has 0 aromatic carbocycles. The van der Waals surface area contributed by atoms with E-state index < -0.39 is 0 Å². The lowest BCUT2D eigenvalue weighted by atomic mass is 9.54. The van der Waals surface area contributed by atoms with Crippen LogP contribution in [0.1, 0.15) is 64.7 Å². The Morgan fingerprint density at radius 2 is 1.73 bits per heavy atom. The molecule has 0 aromatic rings. The van der Waals surface area contributed by atoms with Crippen molar-refractivity contribution in [3.63, 3.8) is 0 Å². The van der Waals surface area contributed by atoms with E-state index in [4.69, 9.17) is 4.74 Å². The molecule has 1 aliphatic heterocycles. The van der Waals surface area contributed by atoms with E-state index in [2.05, 4.69) is 11.8 Å². The number of likely N-dealkylation sites (tertiary alicyclic amines) is 1. The van der Waals surface area contributed by atoms with Crippen LogP contribution in [-0.4, -0.2) is 47.4 Å². The lowest BCUT2D eigenvalue weighted by Gasteiger charge is -2.56. The van der Waals surface area contributed by atoms with Gasteiger partial charge < -0.3 is 9.84 Å². The normalized spacial score (nSPS) is 46.1. The number of rotatable bonds is 5. The second-order valence-corrected chi connectivity index (χ2v) is 8.91. The molecule has 3 heteroatoms. The van der Waals surface area contributed by atoms with Gasteiger partial charge in [-0.2, -0.15) is 0 Å². The summed E-state index contributed by atoms with van der Waals surface area (Å²) in [7, 11) is 0. The average Bonchev–Trinajstić information content (AvgIpc) is 2.46. The van der Waals surface area contributed by atoms with Gasteiger partial charge in [0, 0.05) is 12.6 Å². The maximum atomic E-state index is 10.5. The van der Waals surface area contributed by atoms with Crippen molar-refractivity contribution in [3.8, 4) is 0 Å². The van der Waals surface area contributed by atoms with Crippen molar-refractivity contribution in [1.82, 2.24) is 4.90 Å². The lowest BCUT2D eigenvalue weighted by molar-refractivity contribution is -0.176. The van der Waals surface area contributed by atoms with Crippen molar-refractivity contribution in [2.75, 3.05) is 19.7 Å². The Morgan fingerprint density at radius 1 is 1.09 bits per heavy atom. The summed E-state index contributed by atoms with van der Waals surface area (Å²) in [6.45, 7) is 4.80. The van der Waals surface area contributed by atoms with Gasteiger partial charge in [0.15, 0.2) is 0 Å². The Balaban J connectivity index is 1.29. The number of ether oxygens (including phenoxy) is 1. The third-order valence-corrected chi connectivity index (χ3v) is 6.95. The molecule has 4 saturated carbocycles. The lowest BCUT2D eigenvalue weighted by Crippen LogP contribution is -2.53. The maximum Gasteiger partial charge on any atom is 0.0900 e. The van der Waals surface area contributed by atoms with E-state index in [1.807, 2.05) is 0 Å². The Hall–Kier alpha value is -0.120.